The lowest BCUT2D eigenvalue weighted by Gasteiger charge is -2.36. The van der Waals surface area contributed by atoms with E-state index in [0.717, 1.165) is 6.54 Å². The van der Waals surface area contributed by atoms with E-state index in [2.05, 4.69) is 26.1 Å². The third-order valence-corrected chi connectivity index (χ3v) is 4.18. The fourth-order valence-electron chi connectivity index (χ4n) is 1.88. The van der Waals surface area contributed by atoms with Crippen molar-refractivity contribution < 1.29 is 9.59 Å². The van der Waals surface area contributed by atoms with Gasteiger partial charge in [-0.1, -0.05) is 20.8 Å². The lowest BCUT2D eigenvalue weighted by Crippen LogP contribution is -2.59. The summed E-state index contributed by atoms with van der Waals surface area (Å²) in [6.07, 6.45) is 0. The Bertz CT molecular complexity index is 339. The first-order chi connectivity index (χ1) is 8.72. The van der Waals surface area contributed by atoms with Gasteiger partial charge in [-0.15, -0.1) is 11.8 Å². The summed E-state index contributed by atoms with van der Waals surface area (Å²) in [4.78, 5) is 27.7. The smallest absolute Gasteiger partial charge is 0.246 e. The summed E-state index contributed by atoms with van der Waals surface area (Å²) >= 11 is 1.62. The van der Waals surface area contributed by atoms with Crippen LogP contribution in [0.4, 0.5) is 0 Å². The molecule has 0 radical (unpaired) electrons. The minimum atomic E-state index is -0.364. The number of likely N-dealkylation sites (N-methyl/N-ethyl adjacent to an activating group) is 1. The molecule has 0 bridgehead atoms. The Hall–Kier alpha value is -0.750. The number of nitrogens with zero attached hydrogens (tertiary/aromatic N) is 2. The number of amides is 2. The fourth-order valence-corrected chi connectivity index (χ4v) is 2.60. The van der Waals surface area contributed by atoms with Crippen molar-refractivity contribution in [3.05, 3.63) is 0 Å². The van der Waals surface area contributed by atoms with Gasteiger partial charge in [0.05, 0.1) is 5.75 Å². The standard InChI is InChI=1S/C13H25N3O2S/c1-13(2,3)19-9-11(17)16-7-6-14-8-10(16)12(18)15(4)5/h10,14H,6-9H2,1-5H3. The van der Waals surface area contributed by atoms with Gasteiger partial charge in [-0.3, -0.25) is 9.59 Å². The number of nitrogens with one attached hydrogen (secondary N) is 1. The maximum atomic E-state index is 12.3. The molecule has 19 heavy (non-hydrogen) atoms. The Balaban J connectivity index is 2.66. The second-order valence-electron chi connectivity index (χ2n) is 5.94. The van der Waals surface area contributed by atoms with E-state index in [1.807, 2.05) is 0 Å². The van der Waals surface area contributed by atoms with Crippen LogP contribution < -0.4 is 5.32 Å². The van der Waals surface area contributed by atoms with Gasteiger partial charge in [0.25, 0.3) is 0 Å². The molecule has 1 fully saturated rings. The van der Waals surface area contributed by atoms with Crippen LogP contribution >= 0.6 is 11.8 Å². The summed E-state index contributed by atoms with van der Waals surface area (Å²) in [6, 6.07) is -0.364. The van der Waals surface area contributed by atoms with Gasteiger partial charge in [0.2, 0.25) is 11.8 Å². The van der Waals surface area contributed by atoms with Gasteiger partial charge in [-0.05, 0) is 0 Å². The Morgan fingerprint density at radius 3 is 2.53 bits per heavy atom. The van der Waals surface area contributed by atoms with Crippen LogP contribution in [-0.4, -0.2) is 71.9 Å². The van der Waals surface area contributed by atoms with Gasteiger partial charge in [0.15, 0.2) is 0 Å². The SMILES string of the molecule is CN(C)C(=O)C1CNCCN1C(=O)CSC(C)(C)C. The van der Waals surface area contributed by atoms with E-state index >= 15 is 0 Å². The summed E-state index contributed by atoms with van der Waals surface area (Å²) in [6.45, 7) is 8.17. The summed E-state index contributed by atoms with van der Waals surface area (Å²) < 4.78 is 0.0603. The van der Waals surface area contributed by atoms with Crippen molar-refractivity contribution in [2.45, 2.75) is 31.6 Å². The molecule has 1 aliphatic heterocycles. The third kappa shape index (κ3) is 5.03. The summed E-state index contributed by atoms with van der Waals surface area (Å²) in [5, 5.41) is 3.18. The van der Waals surface area contributed by atoms with Gasteiger partial charge in [-0.25, -0.2) is 0 Å². The zero-order valence-electron chi connectivity index (χ0n) is 12.5. The van der Waals surface area contributed by atoms with E-state index in [-0.39, 0.29) is 22.6 Å². The molecule has 6 heteroatoms. The molecule has 1 atom stereocenters. The maximum absolute atomic E-state index is 12.3. The summed E-state index contributed by atoms with van der Waals surface area (Å²) in [7, 11) is 3.45. The van der Waals surface area contributed by atoms with Crippen LogP contribution in [0.2, 0.25) is 0 Å². The minimum Gasteiger partial charge on any atom is -0.347 e. The van der Waals surface area contributed by atoms with Crippen LogP contribution in [0.3, 0.4) is 0 Å². The predicted octanol–water partition coefficient (Wildman–Crippen LogP) is 0.407. The molecular weight excluding hydrogens is 262 g/mol. The lowest BCUT2D eigenvalue weighted by molar-refractivity contribution is -0.143. The largest absolute Gasteiger partial charge is 0.347 e. The van der Waals surface area contributed by atoms with Crippen LogP contribution in [-0.2, 0) is 9.59 Å². The molecule has 1 N–H and O–H groups in total. The Morgan fingerprint density at radius 1 is 1.37 bits per heavy atom. The van der Waals surface area contributed by atoms with Crippen LogP contribution in [0.25, 0.3) is 0 Å². The van der Waals surface area contributed by atoms with E-state index in [0.29, 0.717) is 18.8 Å². The minimum absolute atomic E-state index is 0.0127. The number of carbonyl (C=O) groups is 2. The van der Waals surface area contributed by atoms with E-state index in [4.69, 9.17) is 0 Å². The summed E-state index contributed by atoms with van der Waals surface area (Å²) in [5.41, 5.74) is 0. The molecule has 5 nitrogen and oxygen atoms in total. The monoisotopic (exact) mass is 287 g/mol. The molecule has 0 aromatic rings. The number of thioether (sulfide) groups is 1. The van der Waals surface area contributed by atoms with Crippen molar-refractivity contribution >= 4 is 23.6 Å². The van der Waals surface area contributed by atoms with Crippen molar-refractivity contribution in [1.29, 1.82) is 0 Å². The molecule has 0 saturated carbocycles. The quantitative estimate of drug-likeness (QED) is 0.817. The topological polar surface area (TPSA) is 52.7 Å². The van der Waals surface area contributed by atoms with Crippen LogP contribution in [0.15, 0.2) is 0 Å². The van der Waals surface area contributed by atoms with Crippen molar-refractivity contribution in [1.82, 2.24) is 15.1 Å². The summed E-state index contributed by atoms with van der Waals surface area (Å²) in [5.74, 6) is 0.476. The van der Waals surface area contributed by atoms with Crippen LogP contribution in [0, 0.1) is 0 Å². The molecule has 1 rings (SSSR count). The highest BCUT2D eigenvalue weighted by Gasteiger charge is 2.33. The number of hydrogen-bond donors (Lipinski definition) is 1. The molecule has 1 saturated heterocycles. The highest BCUT2D eigenvalue weighted by Crippen LogP contribution is 2.23. The zero-order valence-corrected chi connectivity index (χ0v) is 13.3. The molecule has 1 aliphatic rings. The first kappa shape index (κ1) is 16.3. The second kappa shape index (κ2) is 6.61. The molecule has 1 unspecified atom stereocenters. The molecular formula is C13H25N3O2S. The van der Waals surface area contributed by atoms with E-state index < -0.39 is 0 Å². The van der Waals surface area contributed by atoms with E-state index in [1.54, 1.807) is 35.7 Å². The number of hydrogen-bond acceptors (Lipinski definition) is 4. The van der Waals surface area contributed by atoms with Gasteiger partial charge in [0.1, 0.15) is 6.04 Å². The zero-order chi connectivity index (χ0) is 14.6. The first-order valence-corrected chi connectivity index (χ1v) is 7.56. The van der Waals surface area contributed by atoms with Gasteiger partial charge in [0, 0.05) is 38.5 Å². The van der Waals surface area contributed by atoms with E-state index in [9.17, 15) is 9.59 Å². The van der Waals surface area contributed by atoms with Gasteiger partial charge >= 0.3 is 0 Å². The van der Waals surface area contributed by atoms with Crippen molar-refractivity contribution in [2.24, 2.45) is 0 Å². The molecule has 0 aromatic heterocycles. The van der Waals surface area contributed by atoms with Crippen LogP contribution in [0.5, 0.6) is 0 Å². The van der Waals surface area contributed by atoms with Crippen molar-refractivity contribution in [3.8, 4) is 0 Å². The third-order valence-electron chi connectivity index (χ3n) is 2.92. The van der Waals surface area contributed by atoms with Crippen LogP contribution in [0.1, 0.15) is 20.8 Å². The average Bonchev–Trinajstić information content (AvgIpc) is 2.34. The second-order valence-corrected chi connectivity index (χ2v) is 7.74. The Morgan fingerprint density at radius 2 is 2.00 bits per heavy atom. The highest BCUT2D eigenvalue weighted by molar-refractivity contribution is 8.01. The maximum Gasteiger partial charge on any atom is 0.246 e. The number of rotatable bonds is 3. The predicted molar refractivity (Wildman–Crippen MR) is 79.3 cm³/mol. The molecule has 110 valence electrons. The molecule has 0 spiro atoms. The Kier molecular flexibility index (Phi) is 5.67. The normalized spacial score (nSPS) is 20.3. The molecule has 1 heterocycles. The fraction of sp³-hybridized carbons (Fsp3) is 0.846. The lowest BCUT2D eigenvalue weighted by atomic mass is 10.1. The van der Waals surface area contributed by atoms with Crippen molar-refractivity contribution in [2.75, 3.05) is 39.5 Å². The molecule has 0 aromatic carbocycles. The number of carbonyl (C=O) groups excluding carboxylic acids is 2. The first-order valence-electron chi connectivity index (χ1n) is 6.57. The average molecular weight is 287 g/mol. The highest BCUT2D eigenvalue weighted by atomic mass is 32.2. The van der Waals surface area contributed by atoms with Gasteiger partial charge < -0.3 is 15.1 Å². The molecule has 0 aliphatic carbocycles. The van der Waals surface area contributed by atoms with Crippen molar-refractivity contribution in [3.63, 3.8) is 0 Å². The Labute approximate surface area is 120 Å². The van der Waals surface area contributed by atoms with Gasteiger partial charge in [-0.2, -0.15) is 0 Å². The molecule has 2 amide bonds. The van der Waals surface area contributed by atoms with E-state index in [1.165, 1.54) is 0 Å². The number of piperazine rings is 1.